The first-order valence-corrected chi connectivity index (χ1v) is 25.9. The van der Waals surface area contributed by atoms with E-state index in [0.29, 0.717) is 10.0 Å². The number of benzene rings is 11. The van der Waals surface area contributed by atoms with Crippen LogP contribution in [-0.2, 0) is 5.41 Å². The SMILES string of the molecule is CC(C)(C)c1cc(N(c2ccc(-c3ccccc3)cc2)c2c(-c3ccccc3)cc(Cl)cc2-c2ccccc2)cc(N(c2ccc(-c3ccccc3)cc2)c2c(-c3ccccc3)cc(Cl)cc2-c2ccccc2)c1. The molecule has 358 valence electrons. The molecule has 0 N–H and O–H groups in total. The van der Waals surface area contributed by atoms with Gasteiger partial charge >= 0.3 is 0 Å². The van der Waals surface area contributed by atoms with Crippen LogP contribution in [-0.4, -0.2) is 0 Å². The molecule has 0 fully saturated rings. The molecule has 0 unspecified atom stereocenters. The van der Waals surface area contributed by atoms with E-state index in [1.165, 1.54) is 0 Å². The van der Waals surface area contributed by atoms with E-state index in [1.54, 1.807) is 0 Å². The summed E-state index contributed by atoms with van der Waals surface area (Å²) in [5.74, 6) is 0. The van der Waals surface area contributed by atoms with Crippen LogP contribution in [0.2, 0.25) is 10.0 Å². The Kier molecular flexibility index (Phi) is 13.6. The summed E-state index contributed by atoms with van der Waals surface area (Å²) >= 11 is 14.5. The van der Waals surface area contributed by atoms with Gasteiger partial charge in [0, 0.05) is 55.0 Å². The largest absolute Gasteiger partial charge is 0.309 e. The standard InChI is InChI=1S/C70H54Cl2N2/c1-70(2,3)57-42-62(73(60-38-34-51(35-39-60)49-22-10-4-11-23-49)68-64(53-26-14-6-15-27-53)44-58(71)45-65(68)54-28-16-7-17-29-54)48-63(43-57)74(61-40-36-52(37-41-61)50-24-12-5-13-25-50)69-66(55-30-18-8-19-31-55)46-59(72)47-67(69)56-32-20-9-21-33-56/h4-48H,1-3H3. The van der Waals surface area contributed by atoms with E-state index in [1.807, 2.05) is 0 Å². The minimum atomic E-state index is -0.286. The first-order chi connectivity index (χ1) is 36.2. The van der Waals surface area contributed by atoms with Gasteiger partial charge in [-0.05, 0) is 122 Å². The van der Waals surface area contributed by atoms with Gasteiger partial charge in [-0.2, -0.15) is 0 Å². The van der Waals surface area contributed by atoms with Crippen molar-refractivity contribution in [2.24, 2.45) is 0 Å². The first kappa shape index (κ1) is 47.9. The minimum absolute atomic E-state index is 0.286. The molecular weight excluding hydrogens is 940 g/mol. The van der Waals surface area contributed by atoms with Crippen molar-refractivity contribution < 1.29 is 0 Å². The zero-order valence-electron chi connectivity index (χ0n) is 41.6. The number of anilines is 6. The Morgan fingerprint density at radius 2 is 0.500 bits per heavy atom. The maximum absolute atomic E-state index is 7.25. The summed E-state index contributed by atoms with van der Waals surface area (Å²) in [7, 11) is 0. The van der Waals surface area contributed by atoms with Crippen molar-refractivity contribution >= 4 is 57.3 Å². The quantitative estimate of drug-likeness (QED) is 0.120. The summed E-state index contributed by atoms with van der Waals surface area (Å²) < 4.78 is 0. The van der Waals surface area contributed by atoms with E-state index in [9.17, 15) is 0 Å². The molecule has 74 heavy (non-hydrogen) atoms. The van der Waals surface area contributed by atoms with Crippen LogP contribution < -0.4 is 9.80 Å². The van der Waals surface area contributed by atoms with Gasteiger partial charge in [0.15, 0.2) is 0 Å². The maximum atomic E-state index is 7.25. The van der Waals surface area contributed by atoms with Crippen LogP contribution in [0.3, 0.4) is 0 Å². The van der Waals surface area contributed by atoms with Crippen molar-refractivity contribution in [1.82, 2.24) is 0 Å². The molecule has 11 aromatic carbocycles. The van der Waals surface area contributed by atoms with Gasteiger partial charge in [0.2, 0.25) is 0 Å². The molecule has 0 saturated heterocycles. The molecule has 0 aliphatic rings. The van der Waals surface area contributed by atoms with Gasteiger partial charge in [-0.3, -0.25) is 0 Å². The van der Waals surface area contributed by atoms with Crippen LogP contribution in [0, 0.1) is 0 Å². The van der Waals surface area contributed by atoms with Gasteiger partial charge < -0.3 is 9.80 Å². The second-order valence-corrected chi connectivity index (χ2v) is 20.5. The van der Waals surface area contributed by atoms with E-state index < -0.39 is 0 Å². The Balaban J connectivity index is 1.25. The Labute approximate surface area is 446 Å². The normalized spacial score (nSPS) is 11.3. The highest BCUT2D eigenvalue weighted by atomic mass is 35.5. The number of hydrogen-bond acceptors (Lipinski definition) is 2. The average Bonchev–Trinajstić information content (AvgIpc) is 3.45. The molecule has 0 atom stereocenters. The van der Waals surface area contributed by atoms with Crippen molar-refractivity contribution in [2.45, 2.75) is 26.2 Å². The lowest BCUT2D eigenvalue weighted by Gasteiger charge is -2.35. The molecule has 0 aromatic heterocycles. The highest BCUT2D eigenvalue weighted by Gasteiger charge is 2.29. The maximum Gasteiger partial charge on any atom is 0.0619 e. The number of rotatable bonds is 12. The Hall–Kier alpha value is -8.40. The van der Waals surface area contributed by atoms with E-state index >= 15 is 0 Å². The Morgan fingerprint density at radius 1 is 0.257 bits per heavy atom. The Bertz CT molecular complexity index is 3310. The minimum Gasteiger partial charge on any atom is -0.309 e. The zero-order valence-corrected chi connectivity index (χ0v) is 43.1. The molecule has 0 amide bonds. The number of nitrogens with zero attached hydrogens (tertiary/aromatic N) is 2. The fraction of sp³-hybridized carbons (Fsp3) is 0.0571. The molecule has 11 aromatic rings. The van der Waals surface area contributed by atoms with Crippen molar-refractivity contribution in [3.05, 3.63) is 289 Å². The van der Waals surface area contributed by atoms with E-state index in [4.69, 9.17) is 23.2 Å². The fourth-order valence-corrected chi connectivity index (χ4v) is 10.4. The van der Waals surface area contributed by atoms with Crippen LogP contribution in [0.5, 0.6) is 0 Å². The van der Waals surface area contributed by atoms with Gasteiger partial charge in [-0.1, -0.05) is 250 Å². The molecule has 0 aliphatic carbocycles. The monoisotopic (exact) mass is 992 g/mol. The summed E-state index contributed by atoms with van der Waals surface area (Å²) in [6, 6.07) is 97.1. The van der Waals surface area contributed by atoms with Crippen molar-refractivity contribution in [3.63, 3.8) is 0 Å². The topological polar surface area (TPSA) is 6.48 Å². The predicted octanol–water partition coefficient (Wildman–Crippen LogP) is 21.2. The van der Waals surface area contributed by atoms with Gasteiger partial charge in [-0.25, -0.2) is 0 Å². The van der Waals surface area contributed by atoms with Crippen LogP contribution in [0.1, 0.15) is 26.3 Å². The van der Waals surface area contributed by atoms with Crippen molar-refractivity contribution in [2.75, 3.05) is 9.80 Å². The molecule has 11 rings (SSSR count). The van der Waals surface area contributed by atoms with Crippen LogP contribution in [0.15, 0.2) is 273 Å². The predicted molar refractivity (Wildman–Crippen MR) is 317 cm³/mol. The summed E-state index contributed by atoms with van der Waals surface area (Å²) in [6.07, 6.45) is 0. The lowest BCUT2D eigenvalue weighted by molar-refractivity contribution is 0.590. The van der Waals surface area contributed by atoms with Crippen molar-refractivity contribution in [3.8, 4) is 66.8 Å². The highest BCUT2D eigenvalue weighted by molar-refractivity contribution is 6.32. The van der Waals surface area contributed by atoms with Gasteiger partial charge in [0.25, 0.3) is 0 Å². The third-order valence-electron chi connectivity index (χ3n) is 13.7. The van der Waals surface area contributed by atoms with E-state index in [2.05, 4.69) is 304 Å². The number of halogens is 2. The van der Waals surface area contributed by atoms with Gasteiger partial charge in [-0.15, -0.1) is 0 Å². The van der Waals surface area contributed by atoms with E-state index in [0.717, 1.165) is 106 Å². The van der Waals surface area contributed by atoms with Crippen LogP contribution >= 0.6 is 23.2 Å². The third kappa shape index (κ3) is 10.0. The fourth-order valence-electron chi connectivity index (χ4n) is 10.00. The van der Waals surface area contributed by atoms with Crippen molar-refractivity contribution in [1.29, 1.82) is 0 Å². The summed E-state index contributed by atoms with van der Waals surface area (Å²) in [5.41, 5.74) is 19.7. The van der Waals surface area contributed by atoms with Crippen LogP contribution in [0.25, 0.3) is 66.8 Å². The summed E-state index contributed by atoms with van der Waals surface area (Å²) in [6.45, 7) is 6.90. The summed E-state index contributed by atoms with van der Waals surface area (Å²) in [5, 5.41) is 1.31. The van der Waals surface area contributed by atoms with Gasteiger partial charge in [0.05, 0.1) is 11.4 Å². The second kappa shape index (κ2) is 21.0. The molecule has 0 saturated carbocycles. The second-order valence-electron chi connectivity index (χ2n) is 19.6. The van der Waals surface area contributed by atoms with Gasteiger partial charge in [0.1, 0.15) is 0 Å². The molecule has 4 heteroatoms. The zero-order chi connectivity index (χ0) is 50.6. The van der Waals surface area contributed by atoms with E-state index in [-0.39, 0.29) is 5.41 Å². The third-order valence-corrected chi connectivity index (χ3v) is 14.1. The summed E-state index contributed by atoms with van der Waals surface area (Å²) in [4.78, 5) is 4.90. The molecule has 0 spiro atoms. The van der Waals surface area contributed by atoms with Crippen LogP contribution in [0.4, 0.5) is 34.1 Å². The molecule has 0 bridgehead atoms. The molecular formula is C70H54Cl2N2. The molecule has 0 radical (unpaired) electrons. The highest BCUT2D eigenvalue weighted by Crippen LogP contribution is 2.53. The first-order valence-electron chi connectivity index (χ1n) is 25.1. The lowest BCUT2D eigenvalue weighted by atomic mass is 9.85. The number of hydrogen-bond donors (Lipinski definition) is 0. The molecule has 0 aliphatic heterocycles. The Morgan fingerprint density at radius 3 is 0.757 bits per heavy atom. The molecule has 2 nitrogen and oxygen atoms in total. The smallest absolute Gasteiger partial charge is 0.0619 e. The molecule has 0 heterocycles. The lowest BCUT2D eigenvalue weighted by Crippen LogP contribution is -2.19. The average molecular weight is 994 g/mol.